The number of carboxylic acid groups (broad SMARTS) is 1. The summed E-state index contributed by atoms with van der Waals surface area (Å²) in [4.78, 5) is 23.4. The van der Waals surface area contributed by atoms with Gasteiger partial charge in [-0.2, -0.15) is 13.8 Å². The number of hydrogen-bond acceptors (Lipinski definition) is 10. The van der Waals surface area contributed by atoms with Crippen LogP contribution in [0.2, 0.25) is 0 Å². The number of aromatic hydroxyl groups is 1. The number of hydrogen-bond donors (Lipinski definition) is 5. The van der Waals surface area contributed by atoms with Crippen LogP contribution < -0.4 is 20.5 Å². The molecule has 226 valence electrons. The molecular formula is C29H31F2N7O5. The van der Waals surface area contributed by atoms with Crippen molar-refractivity contribution in [3.8, 4) is 29.0 Å². The second kappa shape index (κ2) is 12.5. The number of aromatic nitrogens is 1. The molecule has 0 saturated carbocycles. The lowest BCUT2D eigenvalue weighted by molar-refractivity contribution is -0.139. The predicted molar refractivity (Wildman–Crippen MR) is 154 cm³/mol. The number of carbonyl (C=O) groups is 1. The van der Waals surface area contributed by atoms with Crippen LogP contribution in [0.4, 0.5) is 14.5 Å². The summed E-state index contributed by atoms with van der Waals surface area (Å²) in [6.07, 6.45) is 1.18. The molecule has 0 bridgehead atoms. The molecule has 1 aromatic heterocycles. The van der Waals surface area contributed by atoms with Gasteiger partial charge in [0.15, 0.2) is 11.5 Å². The first-order valence-electron chi connectivity index (χ1n) is 13.6. The van der Waals surface area contributed by atoms with E-state index in [1.807, 2.05) is 18.0 Å². The highest BCUT2D eigenvalue weighted by molar-refractivity contribution is 6.00. The van der Waals surface area contributed by atoms with Crippen molar-refractivity contribution in [1.82, 2.24) is 14.8 Å². The number of amidine groups is 2. The number of ether oxygens (including phenoxy) is 2. The summed E-state index contributed by atoms with van der Waals surface area (Å²) in [5.74, 6) is -4.89. The van der Waals surface area contributed by atoms with Crippen molar-refractivity contribution in [3.05, 3.63) is 65.2 Å². The van der Waals surface area contributed by atoms with Gasteiger partial charge in [-0.05, 0) is 49.6 Å². The molecule has 2 aromatic carbocycles. The molecule has 5 rings (SSSR count). The molecule has 6 N–H and O–H groups in total. The molecule has 1 unspecified atom stereocenters. The fourth-order valence-corrected chi connectivity index (χ4v) is 4.97. The molecular weight excluding hydrogens is 564 g/mol. The van der Waals surface area contributed by atoms with E-state index >= 15 is 8.78 Å². The standard InChI is InChI=1S/C29H31F2N7O5/c1-37-12-10-34-27(37)17-5-4-6-18(13-17)42-28-23(30)25(35-21-7-2-3-11-38(21)15-22(40)41)24(31)29(36-28)43-20-14-16(26(32)33)8-9-19(20)39/h4-6,8-9,13-14,21,39H,2-3,7,10-12,15H2,1H3,(H3,32,33)(H,35,36)(H,40,41). The Morgan fingerprint density at radius 2 is 1.91 bits per heavy atom. The number of pyridine rings is 1. The minimum atomic E-state index is -1.23. The zero-order valence-electron chi connectivity index (χ0n) is 23.3. The van der Waals surface area contributed by atoms with Gasteiger partial charge in [0.1, 0.15) is 23.1 Å². The average Bonchev–Trinajstić information content (AvgIpc) is 3.41. The third kappa shape index (κ3) is 6.59. The van der Waals surface area contributed by atoms with Crippen LogP contribution >= 0.6 is 0 Å². The zero-order valence-corrected chi connectivity index (χ0v) is 23.3. The summed E-state index contributed by atoms with van der Waals surface area (Å²) in [5.41, 5.74) is 5.83. The third-order valence-electron chi connectivity index (χ3n) is 7.12. The van der Waals surface area contributed by atoms with Crippen LogP contribution in [0, 0.1) is 17.0 Å². The molecule has 14 heteroatoms. The van der Waals surface area contributed by atoms with E-state index in [1.165, 1.54) is 18.2 Å². The Balaban J connectivity index is 1.55. The molecule has 12 nitrogen and oxygen atoms in total. The quantitative estimate of drug-likeness (QED) is 0.171. The highest BCUT2D eigenvalue weighted by Crippen LogP contribution is 2.39. The molecule has 1 saturated heterocycles. The van der Waals surface area contributed by atoms with Gasteiger partial charge >= 0.3 is 5.97 Å². The first-order chi connectivity index (χ1) is 20.6. The number of nitrogen functional groups attached to an aromatic ring is 1. The number of piperidine rings is 1. The van der Waals surface area contributed by atoms with Crippen molar-refractivity contribution < 1.29 is 33.3 Å². The fraction of sp³-hybridized carbons (Fsp3) is 0.310. The van der Waals surface area contributed by atoms with Crippen LogP contribution in [0.15, 0.2) is 47.5 Å². The number of likely N-dealkylation sites (N-methyl/N-ethyl adjacent to an activating group) is 1. The Labute approximate surface area is 245 Å². The molecule has 2 aliphatic rings. The van der Waals surface area contributed by atoms with Crippen molar-refractivity contribution in [3.63, 3.8) is 0 Å². The molecule has 1 fully saturated rings. The molecule has 3 aromatic rings. The van der Waals surface area contributed by atoms with Crippen molar-refractivity contribution in [2.24, 2.45) is 10.7 Å². The van der Waals surface area contributed by atoms with Crippen LogP contribution in [0.1, 0.15) is 30.4 Å². The Morgan fingerprint density at radius 3 is 2.60 bits per heavy atom. The van der Waals surface area contributed by atoms with Gasteiger partial charge in [0.25, 0.3) is 11.8 Å². The number of nitrogens with one attached hydrogen (secondary N) is 2. The minimum absolute atomic E-state index is 0.188. The molecule has 0 amide bonds. The summed E-state index contributed by atoms with van der Waals surface area (Å²) in [6.45, 7) is 1.48. The van der Waals surface area contributed by atoms with Gasteiger partial charge in [0.05, 0.1) is 19.3 Å². The molecule has 1 atom stereocenters. The lowest BCUT2D eigenvalue weighted by atomic mass is 10.1. The van der Waals surface area contributed by atoms with Gasteiger partial charge in [-0.15, -0.1) is 0 Å². The first-order valence-corrected chi connectivity index (χ1v) is 13.6. The third-order valence-corrected chi connectivity index (χ3v) is 7.12. The van der Waals surface area contributed by atoms with Crippen LogP contribution in [-0.4, -0.2) is 82.0 Å². The van der Waals surface area contributed by atoms with E-state index in [-0.39, 0.29) is 29.4 Å². The summed E-state index contributed by atoms with van der Waals surface area (Å²) < 4.78 is 43.3. The largest absolute Gasteiger partial charge is 0.504 e. The molecule has 43 heavy (non-hydrogen) atoms. The molecule has 3 heterocycles. The van der Waals surface area contributed by atoms with E-state index in [1.54, 1.807) is 23.1 Å². The van der Waals surface area contributed by atoms with E-state index in [9.17, 15) is 15.0 Å². The number of anilines is 1. The second-order valence-corrected chi connectivity index (χ2v) is 10.2. The van der Waals surface area contributed by atoms with Gasteiger partial charge in [-0.3, -0.25) is 20.1 Å². The Bertz CT molecular complexity index is 1590. The van der Waals surface area contributed by atoms with Crippen molar-refractivity contribution >= 4 is 23.3 Å². The normalized spacial score (nSPS) is 17.0. The Hall–Kier alpha value is -4.98. The van der Waals surface area contributed by atoms with Crippen LogP contribution in [0.25, 0.3) is 0 Å². The topological polar surface area (TPSA) is 170 Å². The lowest BCUT2D eigenvalue weighted by Crippen LogP contribution is -2.47. The Kier molecular flexibility index (Phi) is 8.57. The van der Waals surface area contributed by atoms with Gasteiger partial charge in [0, 0.05) is 31.3 Å². The smallest absolute Gasteiger partial charge is 0.317 e. The monoisotopic (exact) mass is 595 g/mol. The first kappa shape index (κ1) is 29.5. The molecule has 0 aliphatic carbocycles. The predicted octanol–water partition coefficient (Wildman–Crippen LogP) is 3.93. The molecule has 0 radical (unpaired) electrons. The van der Waals surface area contributed by atoms with E-state index in [2.05, 4.69) is 15.3 Å². The second-order valence-electron chi connectivity index (χ2n) is 10.2. The number of aliphatic imine (C=N–C) groups is 1. The minimum Gasteiger partial charge on any atom is -0.504 e. The maximum absolute atomic E-state index is 16.0. The SMILES string of the molecule is CN1CCN=C1c1cccc(Oc2nc(Oc3cc(C(=N)N)ccc3O)c(F)c(NC3CCCCN3CC(=O)O)c2F)c1. The maximum atomic E-state index is 16.0. The van der Waals surface area contributed by atoms with Crippen LogP contribution in [-0.2, 0) is 4.79 Å². The number of likely N-dealkylation sites (tertiary alicyclic amines) is 1. The van der Waals surface area contributed by atoms with E-state index in [0.717, 1.165) is 24.4 Å². The number of aliphatic carboxylic acids is 1. The number of nitrogens with two attached hydrogens (primary N) is 1. The average molecular weight is 596 g/mol. The summed E-state index contributed by atoms with van der Waals surface area (Å²) >= 11 is 0. The Morgan fingerprint density at radius 1 is 1.14 bits per heavy atom. The van der Waals surface area contributed by atoms with E-state index in [4.69, 9.17) is 20.6 Å². The summed E-state index contributed by atoms with van der Waals surface area (Å²) in [5, 5.41) is 30.2. The number of nitrogens with zero attached hydrogens (tertiary/aromatic N) is 4. The van der Waals surface area contributed by atoms with Crippen molar-refractivity contribution in [1.29, 1.82) is 5.41 Å². The number of phenolic OH excluding ortho intramolecular Hbond substituents is 1. The van der Waals surface area contributed by atoms with E-state index in [0.29, 0.717) is 25.9 Å². The summed E-state index contributed by atoms with van der Waals surface area (Å²) in [6, 6.07) is 10.6. The van der Waals surface area contributed by atoms with E-state index < -0.39 is 47.0 Å². The zero-order chi connectivity index (χ0) is 30.7. The highest BCUT2D eigenvalue weighted by Gasteiger charge is 2.30. The number of halogens is 2. The number of benzene rings is 2. The van der Waals surface area contributed by atoms with Gasteiger partial charge < -0.3 is 35.6 Å². The van der Waals surface area contributed by atoms with Gasteiger partial charge in [-0.25, -0.2) is 0 Å². The highest BCUT2D eigenvalue weighted by atomic mass is 19.1. The van der Waals surface area contributed by atoms with Crippen molar-refractivity contribution in [2.75, 3.05) is 38.5 Å². The summed E-state index contributed by atoms with van der Waals surface area (Å²) in [7, 11) is 1.90. The van der Waals surface area contributed by atoms with Crippen LogP contribution in [0.3, 0.4) is 0 Å². The molecule has 0 spiro atoms. The lowest BCUT2D eigenvalue weighted by Gasteiger charge is -2.35. The van der Waals surface area contributed by atoms with Crippen molar-refractivity contribution in [2.45, 2.75) is 25.4 Å². The maximum Gasteiger partial charge on any atom is 0.317 e. The number of carboxylic acids is 1. The van der Waals surface area contributed by atoms with Crippen LogP contribution in [0.5, 0.6) is 29.0 Å². The van der Waals surface area contributed by atoms with Gasteiger partial charge in [0.2, 0.25) is 11.6 Å². The fourth-order valence-electron chi connectivity index (χ4n) is 4.97. The molecule has 2 aliphatic heterocycles. The number of rotatable bonds is 10. The number of phenols is 1. The van der Waals surface area contributed by atoms with Gasteiger partial charge in [-0.1, -0.05) is 12.1 Å².